The molecule has 12 rings (SSSR count). The molecule has 0 aliphatic heterocycles. The number of hydrogen-bond acceptors (Lipinski definition) is 1. The Hall–Kier alpha value is -6.44. The lowest BCUT2D eigenvalue weighted by atomic mass is 9.79. The first-order valence-electron chi connectivity index (χ1n) is 19.5. The van der Waals surface area contributed by atoms with Crippen molar-refractivity contribution in [3.05, 3.63) is 180 Å². The molecule has 0 bridgehead atoms. The summed E-state index contributed by atoms with van der Waals surface area (Å²) in [7, 11) is 0. The fourth-order valence-corrected chi connectivity index (χ4v) is 10.6. The van der Waals surface area contributed by atoms with Crippen LogP contribution in [0.2, 0.25) is 0 Å². The molecule has 1 aromatic heterocycles. The van der Waals surface area contributed by atoms with Gasteiger partial charge in [-0.2, -0.15) is 0 Å². The second kappa shape index (κ2) is 10.6. The van der Waals surface area contributed by atoms with Crippen molar-refractivity contribution in [1.82, 2.24) is 0 Å². The van der Waals surface area contributed by atoms with E-state index in [0.29, 0.717) is 0 Å². The Morgan fingerprint density at radius 1 is 0.327 bits per heavy atom. The van der Waals surface area contributed by atoms with Crippen LogP contribution in [0.1, 0.15) is 49.9 Å². The largest absolute Gasteiger partial charge is 0.455 e. The number of rotatable bonds is 2. The van der Waals surface area contributed by atoms with Crippen molar-refractivity contribution in [2.24, 2.45) is 0 Å². The Morgan fingerprint density at radius 3 is 1.64 bits per heavy atom. The standard InChI is InChI=1S/C54H38O/c1-53(2)43-22-12-11-20-40(43)49-42(21-13-23-44(49)53)48-36-18-9-7-16-34(36)47(35-17-8-10-19-37(35)48)32-25-27-41-46(30-32)54(3,4)45-29-28-39-38-26-24-31-14-5-6-15-33(31)51(38)55-52(39)50(41)45/h5-30H,1-4H3. The Kier molecular flexibility index (Phi) is 5.98. The third-order valence-electron chi connectivity index (χ3n) is 13.3. The molecule has 0 radical (unpaired) electrons. The highest BCUT2D eigenvalue weighted by atomic mass is 16.3. The summed E-state index contributed by atoms with van der Waals surface area (Å²) in [4.78, 5) is 0. The van der Waals surface area contributed by atoms with E-state index in [9.17, 15) is 0 Å². The smallest absolute Gasteiger partial charge is 0.143 e. The molecular formula is C54H38O. The number of benzene rings is 9. The van der Waals surface area contributed by atoms with Crippen molar-refractivity contribution in [1.29, 1.82) is 0 Å². The van der Waals surface area contributed by atoms with Gasteiger partial charge in [0, 0.05) is 32.6 Å². The lowest BCUT2D eigenvalue weighted by Crippen LogP contribution is -2.15. The highest BCUT2D eigenvalue weighted by Crippen LogP contribution is 2.56. The van der Waals surface area contributed by atoms with E-state index >= 15 is 0 Å². The van der Waals surface area contributed by atoms with E-state index in [-0.39, 0.29) is 10.8 Å². The normalized spacial score (nSPS) is 14.8. The van der Waals surface area contributed by atoms with Gasteiger partial charge in [0.2, 0.25) is 0 Å². The molecule has 2 aliphatic carbocycles. The first kappa shape index (κ1) is 31.0. The molecule has 0 spiro atoms. The predicted octanol–water partition coefficient (Wildman–Crippen LogP) is 15.0. The Balaban J connectivity index is 1.11. The zero-order valence-electron chi connectivity index (χ0n) is 31.4. The molecule has 0 amide bonds. The summed E-state index contributed by atoms with van der Waals surface area (Å²) in [5.41, 5.74) is 17.5. The van der Waals surface area contributed by atoms with Crippen LogP contribution >= 0.6 is 0 Å². The van der Waals surface area contributed by atoms with Gasteiger partial charge in [0.05, 0.1) is 0 Å². The van der Waals surface area contributed by atoms with Gasteiger partial charge in [0.25, 0.3) is 0 Å². The minimum absolute atomic E-state index is 0.0655. The van der Waals surface area contributed by atoms with E-state index in [1.54, 1.807) is 0 Å². The van der Waals surface area contributed by atoms with Crippen molar-refractivity contribution in [3.8, 4) is 44.5 Å². The van der Waals surface area contributed by atoms with Crippen molar-refractivity contribution in [2.45, 2.75) is 38.5 Å². The Morgan fingerprint density at radius 2 is 0.873 bits per heavy atom. The number of fused-ring (bicyclic) bond motifs is 14. The summed E-state index contributed by atoms with van der Waals surface area (Å²) in [6.45, 7) is 9.49. The van der Waals surface area contributed by atoms with Crippen LogP contribution in [0.15, 0.2) is 162 Å². The fourth-order valence-electron chi connectivity index (χ4n) is 10.6. The van der Waals surface area contributed by atoms with Gasteiger partial charge in [0.1, 0.15) is 11.2 Å². The van der Waals surface area contributed by atoms with Crippen molar-refractivity contribution < 1.29 is 4.42 Å². The van der Waals surface area contributed by atoms with Crippen LogP contribution in [0.3, 0.4) is 0 Å². The Labute approximate surface area is 320 Å². The zero-order valence-corrected chi connectivity index (χ0v) is 31.4. The molecule has 1 nitrogen and oxygen atoms in total. The molecule has 0 N–H and O–H groups in total. The first-order chi connectivity index (χ1) is 26.8. The van der Waals surface area contributed by atoms with Gasteiger partial charge >= 0.3 is 0 Å². The predicted molar refractivity (Wildman–Crippen MR) is 232 cm³/mol. The molecule has 260 valence electrons. The van der Waals surface area contributed by atoms with Gasteiger partial charge in [-0.15, -0.1) is 0 Å². The van der Waals surface area contributed by atoms with E-state index in [2.05, 4.69) is 185 Å². The Bertz CT molecular complexity index is 3260. The molecule has 0 saturated carbocycles. The molecule has 0 saturated heterocycles. The molecule has 0 fully saturated rings. The highest BCUT2D eigenvalue weighted by molar-refractivity contribution is 6.23. The summed E-state index contributed by atoms with van der Waals surface area (Å²) >= 11 is 0. The minimum atomic E-state index is -0.202. The lowest BCUT2D eigenvalue weighted by Gasteiger charge is -2.24. The van der Waals surface area contributed by atoms with Gasteiger partial charge in [-0.05, 0) is 100 Å². The maximum atomic E-state index is 6.91. The fraction of sp³-hybridized carbons (Fsp3) is 0.111. The molecule has 55 heavy (non-hydrogen) atoms. The van der Waals surface area contributed by atoms with Crippen LogP contribution in [0.5, 0.6) is 0 Å². The quantitative estimate of drug-likeness (QED) is 0.163. The number of furan rings is 1. The average Bonchev–Trinajstić information content (AvgIpc) is 3.80. The van der Waals surface area contributed by atoms with Crippen LogP contribution in [0.25, 0.3) is 98.8 Å². The van der Waals surface area contributed by atoms with E-state index in [1.165, 1.54) is 104 Å². The summed E-state index contributed by atoms with van der Waals surface area (Å²) in [5, 5.41) is 9.84. The van der Waals surface area contributed by atoms with Crippen molar-refractivity contribution >= 4 is 54.3 Å². The topological polar surface area (TPSA) is 13.1 Å². The third kappa shape index (κ3) is 3.93. The summed E-state index contributed by atoms with van der Waals surface area (Å²) < 4.78 is 6.91. The number of hydrogen-bond donors (Lipinski definition) is 0. The molecule has 0 atom stereocenters. The maximum absolute atomic E-state index is 6.91. The van der Waals surface area contributed by atoms with Crippen LogP contribution in [-0.2, 0) is 10.8 Å². The van der Waals surface area contributed by atoms with E-state index < -0.39 is 0 Å². The molecule has 1 heterocycles. The summed E-state index contributed by atoms with van der Waals surface area (Å²) in [6.07, 6.45) is 0. The van der Waals surface area contributed by atoms with E-state index in [0.717, 1.165) is 16.6 Å². The molecule has 1 heteroatoms. The van der Waals surface area contributed by atoms with Gasteiger partial charge in [0.15, 0.2) is 0 Å². The first-order valence-corrected chi connectivity index (χ1v) is 19.5. The SMILES string of the molecule is CC1(C)c2ccccc2-c2c(-c3c4ccccc4c(-c4ccc5c(c4)C(C)(C)c4ccc6c(oc7c8ccccc8ccc67)c4-5)c4ccccc34)cccc21. The third-order valence-corrected chi connectivity index (χ3v) is 13.3. The second-order valence-corrected chi connectivity index (χ2v) is 16.8. The molecule has 9 aromatic carbocycles. The van der Waals surface area contributed by atoms with Crippen molar-refractivity contribution in [3.63, 3.8) is 0 Å². The molecule has 0 unspecified atom stereocenters. The zero-order chi connectivity index (χ0) is 36.8. The van der Waals surface area contributed by atoms with Crippen LogP contribution in [0.4, 0.5) is 0 Å². The maximum Gasteiger partial charge on any atom is 0.143 e. The van der Waals surface area contributed by atoms with Crippen molar-refractivity contribution in [2.75, 3.05) is 0 Å². The van der Waals surface area contributed by atoms with Gasteiger partial charge in [-0.3, -0.25) is 0 Å². The monoisotopic (exact) mass is 702 g/mol. The second-order valence-electron chi connectivity index (χ2n) is 16.8. The summed E-state index contributed by atoms with van der Waals surface area (Å²) in [5.74, 6) is 0. The highest BCUT2D eigenvalue weighted by Gasteiger charge is 2.39. The molecule has 10 aromatic rings. The van der Waals surface area contributed by atoms with Gasteiger partial charge < -0.3 is 4.42 Å². The van der Waals surface area contributed by atoms with Crippen LogP contribution in [0, 0.1) is 0 Å². The molecular weight excluding hydrogens is 665 g/mol. The average molecular weight is 703 g/mol. The van der Waals surface area contributed by atoms with Crippen LogP contribution < -0.4 is 0 Å². The van der Waals surface area contributed by atoms with Gasteiger partial charge in [-0.25, -0.2) is 0 Å². The minimum Gasteiger partial charge on any atom is -0.455 e. The molecule has 2 aliphatic rings. The van der Waals surface area contributed by atoms with E-state index in [4.69, 9.17) is 4.42 Å². The van der Waals surface area contributed by atoms with Gasteiger partial charge in [-0.1, -0.05) is 173 Å². The lowest BCUT2D eigenvalue weighted by molar-refractivity contribution is 0.654. The summed E-state index contributed by atoms with van der Waals surface area (Å²) in [6, 6.07) is 58.9. The van der Waals surface area contributed by atoms with E-state index in [1.807, 2.05) is 0 Å². The van der Waals surface area contributed by atoms with Crippen LogP contribution in [-0.4, -0.2) is 0 Å².